The van der Waals surface area contributed by atoms with Gasteiger partial charge in [0.15, 0.2) is 11.5 Å². The van der Waals surface area contributed by atoms with Gasteiger partial charge in [-0.25, -0.2) is 0 Å². The molecule has 1 atom stereocenters. The van der Waals surface area contributed by atoms with Gasteiger partial charge >= 0.3 is 0 Å². The zero-order valence-corrected chi connectivity index (χ0v) is 14.5. The van der Waals surface area contributed by atoms with Gasteiger partial charge in [-0.2, -0.15) is 0 Å². The smallest absolute Gasteiger partial charge is 0.258 e. The third-order valence-electron chi connectivity index (χ3n) is 4.12. The van der Waals surface area contributed by atoms with E-state index in [0.29, 0.717) is 41.8 Å². The average Bonchev–Trinajstić information content (AvgIpc) is 3.10. The highest BCUT2D eigenvalue weighted by Crippen LogP contribution is 2.43. The Hall–Kier alpha value is -1.85. The highest BCUT2D eigenvalue weighted by Gasteiger charge is 2.34. The van der Waals surface area contributed by atoms with Gasteiger partial charge in [0.25, 0.3) is 5.91 Å². The summed E-state index contributed by atoms with van der Waals surface area (Å²) in [5.74, 6) is 2.01. The molecule has 0 saturated carbocycles. The standard InChI is InChI=1S/C18H16ClNO3S/c19-14-6-2-1-4-12(14)18-20(8-11-24-18)17(21)13-5-3-7-15-16(13)23-10-9-22-15/h1-7,18H,8-11H2. The molecule has 4 nitrogen and oxygen atoms in total. The monoisotopic (exact) mass is 361 g/mol. The molecule has 0 aliphatic carbocycles. The van der Waals surface area contributed by atoms with E-state index in [1.807, 2.05) is 41.3 Å². The number of fused-ring (bicyclic) bond motifs is 1. The number of para-hydroxylation sites is 1. The molecule has 2 aliphatic rings. The number of benzene rings is 2. The van der Waals surface area contributed by atoms with Crippen molar-refractivity contribution in [1.82, 2.24) is 4.90 Å². The molecule has 0 bridgehead atoms. The second-order valence-electron chi connectivity index (χ2n) is 5.57. The van der Waals surface area contributed by atoms with Crippen molar-refractivity contribution in [2.75, 3.05) is 25.5 Å². The van der Waals surface area contributed by atoms with E-state index in [1.165, 1.54) is 0 Å². The first kappa shape index (κ1) is 15.7. The minimum atomic E-state index is -0.0773. The van der Waals surface area contributed by atoms with Crippen LogP contribution in [0.25, 0.3) is 0 Å². The second kappa shape index (κ2) is 6.57. The lowest BCUT2D eigenvalue weighted by Crippen LogP contribution is -2.31. The number of rotatable bonds is 2. The van der Waals surface area contributed by atoms with Crippen LogP contribution in [0.5, 0.6) is 11.5 Å². The average molecular weight is 362 g/mol. The molecular formula is C18H16ClNO3S. The SMILES string of the molecule is O=C(c1cccc2c1OCCO2)N1CCSC1c1ccccc1Cl. The van der Waals surface area contributed by atoms with Crippen LogP contribution < -0.4 is 9.47 Å². The summed E-state index contributed by atoms with van der Waals surface area (Å²) in [6, 6.07) is 13.1. The van der Waals surface area contributed by atoms with E-state index < -0.39 is 0 Å². The van der Waals surface area contributed by atoms with Gasteiger partial charge in [-0.3, -0.25) is 4.79 Å². The molecule has 2 aromatic rings. The molecule has 2 aromatic carbocycles. The summed E-state index contributed by atoms with van der Waals surface area (Å²) in [6.45, 7) is 1.65. The van der Waals surface area contributed by atoms with Crippen LogP contribution in [0.1, 0.15) is 21.3 Å². The van der Waals surface area contributed by atoms with Crippen molar-refractivity contribution in [3.05, 3.63) is 58.6 Å². The van der Waals surface area contributed by atoms with Crippen molar-refractivity contribution in [2.45, 2.75) is 5.37 Å². The molecule has 4 rings (SSSR count). The summed E-state index contributed by atoms with van der Waals surface area (Å²) in [4.78, 5) is 15.0. The number of hydrogen-bond acceptors (Lipinski definition) is 4. The lowest BCUT2D eigenvalue weighted by atomic mass is 10.1. The van der Waals surface area contributed by atoms with Gasteiger partial charge in [0, 0.05) is 22.9 Å². The minimum Gasteiger partial charge on any atom is -0.486 e. The molecule has 0 radical (unpaired) electrons. The van der Waals surface area contributed by atoms with Crippen molar-refractivity contribution in [2.24, 2.45) is 0 Å². The van der Waals surface area contributed by atoms with E-state index in [4.69, 9.17) is 21.1 Å². The van der Waals surface area contributed by atoms with Crippen LogP contribution in [0.2, 0.25) is 5.02 Å². The van der Waals surface area contributed by atoms with Crippen LogP contribution in [-0.4, -0.2) is 36.3 Å². The van der Waals surface area contributed by atoms with Crippen molar-refractivity contribution in [3.63, 3.8) is 0 Å². The van der Waals surface area contributed by atoms with E-state index in [1.54, 1.807) is 17.8 Å². The molecule has 0 aromatic heterocycles. The van der Waals surface area contributed by atoms with Crippen molar-refractivity contribution in [1.29, 1.82) is 0 Å². The second-order valence-corrected chi connectivity index (χ2v) is 7.17. The Morgan fingerprint density at radius 1 is 1.12 bits per heavy atom. The molecule has 1 amide bonds. The van der Waals surface area contributed by atoms with Crippen molar-refractivity contribution < 1.29 is 14.3 Å². The molecular weight excluding hydrogens is 346 g/mol. The lowest BCUT2D eigenvalue weighted by molar-refractivity contribution is 0.0750. The number of halogens is 1. The third kappa shape index (κ3) is 2.72. The zero-order chi connectivity index (χ0) is 16.5. The molecule has 1 unspecified atom stereocenters. The number of carbonyl (C=O) groups excluding carboxylic acids is 1. The Labute approximate surface area is 149 Å². The Kier molecular flexibility index (Phi) is 4.29. The van der Waals surface area contributed by atoms with Gasteiger partial charge in [0.05, 0.1) is 5.56 Å². The van der Waals surface area contributed by atoms with Gasteiger partial charge in [0.1, 0.15) is 18.6 Å². The molecule has 1 saturated heterocycles. The van der Waals surface area contributed by atoms with E-state index in [9.17, 15) is 4.79 Å². The number of thioether (sulfide) groups is 1. The van der Waals surface area contributed by atoms with E-state index in [-0.39, 0.29) is 11.3 Å². The van der Waals surface area contributed by atoms with Gasteiger partial charge in [-0.05, 0) is 18.2 Å². The summed E-state index contributed by atoms with van der Waals surface area (Å²) in [5.41, 5.74) is 1.52. The van der Waals surface area contributed by atoms with E-state index >= 15 is 0 Å². The van der Waals surface area contributed by atoms with Gasteiger partial charge < -0.3 is 14.4 Å². The number of ether oxygens (including phenoxy) is 2. The first-order chi connectivity index (χ1) is 11.8. The summed E-state index contributed by atoms with van der Waals surface area (Å²) >= 11 is 8.07. The molecule has 124 valence electrons. The predicted molar refractivity (Wildman–Crippen MR) is 95.1 cm³/mol. The molecule has 2 aliphatic heterocycles. The maximum Gasteiger partial charge on any atom is 0.258 e. The summed E-state index contributed by atoms with van der Waals surface area (Å²) in [7, 11) is 0. The highest BCUT2D eigenvalue weighted by atomic mass is 35.5. The maximum absolute atomic E-state index is 13.1. The predicted octanol–water partition coefficient (Wildman–Crippen LogP) is 4.00. The molecule has 0 N–H and O–H groups in total. The zero-order valence-electron chi connectivity index (χ0n) is 12.9. The quantitative estimate of drug-likeness (QED) is 0.810. The van der Waals surface area contributed by atoms with E-state index in [0.717, 1.165) is 11.3 Å². The molecule has 6 heteroatoms. The molecule has 24 heavy (non-hydrogen) atoms. The topological polar surface area (TPSA) is 38.8 Å². The molecule has 2 heterocycles. The summed E-state index contributed by atoms with van der Waals surface area (Å²) in [6.07, 6.45) is 0. The maximum atomic E-state index is 13.1. The first-order valence-corrected chi connectivity index (χ1v) is 9.24. The van der Waals surface area contributed by atoms with Gasteiger partial charge in [-0.15, -0.1) is 11.8 Å². The Balaban J connectivity index is 1.68. The number of carbonyl (C=O) groups is 1. The van der Waals surface area contributed by atoms with Crippen LogP contribution >= 0.6 is 23.4 Å². The molecule has 1 fully saturated rings. The van der Waals surface area contributed by atoms with Crippen LogP contribution in [0.4, 0.5) is 0 Å². The Morgan fingerprint density at radius 3 is 2.83 bits per heavy atom. The van der Waals surface area contributed by atoms with Gasteiger partial charge in [0.2, 0.25) is 0 Å². The highest BCUT2D eigenvalue weighted by molar-refractivity contribution is 7.99. The van der Waals surface area contributed by atoms with Crippen LogP contribution in [-0.2, 0) is 0 Å². The van der Waals surface area contributed by atoms with Crippen LogP contribution in [0, 0.1) is 0 Å². The normalized spacial score (nSPS) is 19.4. The number of nitrogens with zero attached hydrogens (tertiary/aromatic N) is 1. The van der Waals surface area contributed by atoms with Crippen molar-refractivity contribution >= 4 is 29.3 Å². The largest absolute Gasteiger partial charge is 0.486 e. The number of hydrogen-bond donors (Lipinski definition) is 0. The van der Waals surface area contributed by atoms with Crippen molar-refractivity contribution in [3.8, 4) is 11.5 Å². The fourth-order valence-corrected chi connectivity index (χ4v) is 4.60. The fourth-order valence-electron chi connectivity index (χ4n) is 3.01. The third-order valence-corrected chi connectivity index (χ3v) is 5.71. The van der Waals surface area contributed by atoms with Crippen LogP contribution in [0.15, 0.2) is 42.5 Å². The minimum absolute atomic E-state index is 0.0488. The Morgan fingerprint density at radius 2 is 1.96 bits per heavy atom. The Bertz CT molecular complexity index is 783. The fraction of sp³-hybridized carbons (Fsp3) is 0.278. The lowest BCUT2D eigenvalue weighted by Gasteiger charge is -2.27. The summed E-state index contributed by atoms with van der Waals surface area (Å²) in [5, 5.41) is 0.607. The number of amides is 1. The first-order valence-electron chi connectivity index (χ1n) is 7.81. The van der Waals surface area contributed by atoms with E-state index in [2.05, 4.69) is 0 Å². The van der Waals surface area contributed by atoms with Gasteiger partial charge in [-0.1, -0.05) is 35.9 Å². The van der Waals surface area contributed by atoms with Crippen LogP contribution in [0.3, 0.4) is 0 Å². The molecule has 0 spiro atoms. The summed E-state index contributed by atoms with van der Waals surface area (Å²) < 4.78 is 11.3.